The molecule has 82 valence electrons. The summed E-state index contributed by atoms with van der Waals surface area (Å²) in [4.78, 5) is 4.05. The smallest absolute Gasteiger partial charge is 0.182 e. The SMILES string of the molecule is NNc1ncccc1OCc1ccccc1. The fraction of sp³-hybridized carbons (Fsp3) is 0.0833. The second-order valence-electron chi connectivity index (χ2n) is 3.27. The molecule has 0 saturated carbocycles. The Balaban J connectivity index is 2.05. The molecular formula is C12H13N3O. The summed E-state index contributed by atoms with van der Waals surface area (Å²) in [5.74, 6) is 6.51. The van der Waals surface area contributed by atoms with Gasteiger partial charge < -0.3 is 10.2 Å². The number of pyridine rings is 1. The van der Waals surface area contributed by atoms with E-state index in [-0.39, 0.29) is 0 Å². The maximum atomic E-state index is 5.61. The van der Waals surface area contributed by atoms with E-state index in [2.05, 4.69) is 10.4 Å². The fourth-order valence-corrected chi connectivity index (χ4v) is 1.35. The number of benzene rings is 1. The van der Waals surface area contributed by atoms with Crippen molar-refractivity contribution < 1.29 is 4.74 Å². The van der Waals surface area contributed by atoms with Crippen molar-refractivity contribution in [3.63, 3.8) is 0 Å². The zero-order chi connectivity index (χ0) is 11.2. The van der Waals surface area contributed by atoms with Gasteiger partial charge in [-0.05, 0) is 17.7 Å². The van der Waals surface area contributed by atoms with E-state index in [4.69, 9.17) is 10.6 Å². The van der Waals surface area contributed by atoms with Crippen molar-refractivity contribution >= 4 is 5.82 Å². The van der Waals surface area contributed by atoms with Crippen molar-refractivity contribution in [2.75, 3.05) is 5.43 Å². The number of hydrogen-bond acceptors (Lipinski definition) is 4. The lowest BCUT2D eigenvalue weighted by molar-refractivity contribution is 0.306. The van der Waals surface area contributed by atoms with E-state index < -0.39 is 0 Å². The number of hydrogen-bond donors (Lipinski definition) is 2. The number of nitrogens with one attached hydrogen (secondary N) is 1. The summed E-state index contributed by atoms with van der Waals surface area (Å²) in [6.45, 7) is 0.501. The van der Waals surface area contributed by atoms with E-state index in [1.807, 2.05) is 36.4 Å². The van der Waals surface area contributed by atoms with Crippen LogP contribution in [-0.4, -0.2) is 4.98 Å². The molecule has 2 aromatic rings. The highest BCUT2D eigenvalue weighted by atomic mass is 16.5. The Bertz CT molecular complexity index is 445. The average molecular weight is 215 g/mol. The molecule has 1 aromatic carbocycles. The second-order valence-corrected chi connectivity index (χ2v) is 3.27. The van der Waals surface area contributed by atoms with Crippen LogP contribution in [-0.2, 0) is 6.61 Å². The largest absolute Gasteiger partial charge is 0.485 e. The predicted molar refractivity (Wildman–Crippen MR) is 62.8 cm³/mol. The Morgan fingerprint density at radius 3 is 2.69 bits per heavy atom. The second kappa shape index (κ2) is 5.14. The molecule has 1 heterocycles. The molecular weight excluding hydrogens is 202 g/mol. The van der Waals surface area contributed by atoms with E-state index in [9.17, 15) is 0 Å². The Labute approximate surface area is 94.0 Å². The third-order valence-corrected chi connectivity index (χ3v) is 2.14. The summed E-state index contributed by atoms with van der Waals surface area (Å²) >= 11 is 0. The van der Waals surface area contributed by atoms with E-state index in [0.29, 0.717) is 18.2 Å². The molecule has 0 aliphatic rings. The minimum absolute atomic E-state index is 0.501. The van der Waals surface area contributed by atoms with E-state index >= 15 is 0 Å². The van der Waals surface area contributed by atoms with Crippen LogP contribution in [0.3, 0.4) is 0 Å². The van der Waals surface area contributed by atoms with Gasteiger partial charge in [0.1, 0.15) is 6.61 Å². The Morgan fingerprint density at radius 1 is 1.12 bits per heavy atom. The third-order valence-electron chi connectivity index (χ3n) is 2.14. The molecule has 0 fully saturated rings. The molecule has 0 amide bonds. The van der Waals surface area contributed by atoms with Crippen molar-refractivity contribution in [1.82, 2.24) is 4.98 Å². The first-order valence-corrected chi connectivity index (χ1v) is 4.98. The lowest BCUT2D eigenvalue weighted by Gasteiger charge is -2.09. The van der Waals surface area contributed by atoms with Crippen LogP contribution in [0.1, 0.15) is 5.56 Å². The van der Waals surface area contributed by atoms with E-state index in [1.54, 1.807) is 12.3 Å². The Kier molecular flexibility index (Phi) is 3.35. The Morgan fingerprint density at radius 2 is 1.94 bits per heavy atom. The molecule has 1 aromatic heterocycles. The van der Waals surface area contributed by atoms with E-state index in [0.717, 1.165) is 5.56 Å². The standard InChI is InChI=1S/C12H13N3O/c13-15-12-11(7-4-8-14-12)16-9-10-5-2-1-3-6-10/h1-8H,9,13H2,(H,14,15). The highest BCUT2D eigenvalue weighted by Gasteiger charge is 2.02. The van der Waals surface area contributed by atoms with Crippen LogP contribution in [0, 0.1) is 0 Å². The summed E-state index contributed by atoms with van der Waals surface area (Å²) in [5, 5.41) is 0. The summed E-state index contributed by atoms with van der Waals surface area (Å²) in [6, 6.07) is 13.6. The Hall–Kier alpha value is -2.07. The maximum absolute atomic E-state index is 5.61. The van der Waals surface area contributed by atoms with Gasteiger partial charge in [0.2, 0.25) is 0 Å². The van der Waals surface area contributed by atoms with Crippen LogP contribution < -0.4 is 16.0 Å². The normalized spacial score (nSPS) is 9.81. The molecule has 0 unspecified atom stereocenters. The number of nitrogens with two attached hydrogens (primary N) is 1. The topological polar surface area (TPSA) is 60.2 Å². The van der Waals surface area contributed by atoms with Gasteiger partial charge in [0.25, 0.3) is 0 Å². The predicted octanol–water partition coefficient (Wildman–Crippen LogP) is 1.95. The third kappa shape index (κ3) is 2.49. The first kappa shape index (κ1) is 10.4. The lowest BCUT2D eigenvalue weighted by Crippen LogP contribution is -2.10. The molecule has 4 nitrogen and oxygen atoms in total. The molecule has 0 spiro atoms. The minimum Gasteiger partial charge on any atom is -0.485 e. The van der Waals surface area contributed by atoms with Gasteiger partial charge in [-0.25, -0.2) is 10.8 Å². The fourth-order valence-electron chi connectivity index (χ4n) is 1.35. The molecule has 2 rings (SSSR count). The van der Waals surface area contributed by atoms with Crippen LogP contribution in [0.5, 0.6) is 5.75 Å². The molecule has 0 aliphatic heterocycles. The van der Waals surface area contributed by atoms with Crippen molar-refractivity contribution in [3.8, 4) is 5.75 Å². The van der Waals surface area contributed by atoms with Crippen LogP contribution >= 0.6 is 0 Å². The van der Waals surface area contributed by atoms with Gasteiger partial charge in [0.15, 0.2) is 11.6 Å². The molecule has 0 aliphatic carbocycles. The minimum atomic E-state index is 0.501. The summed E-state index contributed by atoms with van der Waals surface area (Å²) < 4.78 is 5.61. The lowest BCUT2D eigenvalue weighted by atomic mass is 10.2. The van der Waals surface area contributed by atoms with Gasteiger partial charge in [0, 0.05) is 6.20 Å². The van der Waals surface area contributed by atoms with Gasteiger partial charge >= 0.3 is 0 Å². The molecule has 0 radical (unpaired) electrons. The van der Waals surface area contributed by atoms with Crippen molar-refractivity contribution in [2.45, 2.75) is 6.61 Å². The molecule has 0 atom stereocenters. The monoisotopic (exact) mass is 215 g/mol. The zero-order valence-corrected chi connectivity index (χ0v) is 8.76. The van der Waals surface area contributed by atoms with Crippen LogP contribution in [0.15, 0.2) is 48.7 Å². The average Bonchev–Trinajstić information content (AvgIpc) is 2.38. The zero-order valence-electron chi connectivity index (χ0n) is 8.76. The van der Waals surface area contributed by atoms with Crippen molar-refractivity contribution in [2.24, 2.45) is 5.84 Å². The molecule has 4 heteroatoms. The van der Waals surface area contributed by atoms with Gasteiger partial charge in [-0.15, -0.1) is 0 Å². The number of rotatable bonds is 4. The number of hydrazine groups is 1. The van der Waals surface area contributed by atoms with Gasteiger partial charge in [-0.1, -0.05) is 30.3 Å². The highest BCUT2D eigenvalue weighted by molar-refractivity contribution is 5.48. The number of ether oxygens (including phenoxy) is 1. The van der Waals surface area contributed by atoms with Crippen molar-refractivity contribution in [3.05, 3.63) is 54.2 Å². The molecule has 16 heavy (non-hydrogen) atoms. The summed E-state index contributed by atoms with van der Waals surface area (Å²) in [5.41, 5.74) is 3.60. The van der Waals surface area contributed by atoms with Crippen LogP contribution in [0.25, 0.3) is 0 Å². The van der Waals surface area contributed by atoms with E-state index in [1.165, 1.54) is 0 Å². The highest BCUT2D eigenvalue weighted by Crippen LogP contribution is 2.20. The molecule has 0 bridgehead atoms. The summed E-state index contributed by atoms with van der Waals surface area (Å²) in [7, 11) is 0. The number of aromatic nitrogens is 1. The van der Waals surface area contributed by atoms with Crippen LogP contribution in [0.4, 0.5) is 5.82 Å². The maximum Gasteiger partial charge on any atom is 0.182 e. The van der Waals surface area contributed by atoms with Crippen LogP contribution in [0.2, 0.25) is 0 Å². The first-order valence-electron chi connectivity index (χ1n) is 4.98. The van der Waals surface area contributed by atoms with Crippen molar-refractivity contribution in [1.29, 1.82) is 0 Å². The molecule has 3 N–H and O–H groups in total. The molecule has 0 saturated heterocycles. The van der Waals surface area contributed by atoms with Gasteiger partial charge in [0.05, 0.1) is 0 Å². The quantitative estimate of drug-likeness (QED) is 0.604. The first-order chi connectivity index (χ1) is 7.90. The number of anilines is 1. The van der Waals surface area contributed by atoms with Gasteiger partial charge in [-0.2, -0.15) is 0 Å². The number of nitrogens with zero attached hydrogens (tertiary/aromatic N) is 1. The van der Waals surface area contributed by atoms with Gasteiger partial charge in [-0.3, -0.25) is 0 Å². The number of nitrogen functional groups attached to an aromatic ring is 1. The summed E-state index contributed by atoms with van der Waals surface area (Å²) in [6.07, 6.45) is 1.66.